The van der Waals surface area contributed by atoms with Gasteiger partial charge < -0.3 is 15.0 Å². The SMILES string of the molecule is CCc1ccc(OCC(=O)N(Cc2ccccc2F)[C@H](C)C(=O)NCC(C)C)c(Br)c1. The van der Waals surface area contributed by atoms with E-state index in [4.69, 9.17) is 4.74 Å². The highest BCUT2D eigenvalue weighted by molar-refractivity contribution is 9.10. The van der Waals surface area contributed by atoms with Gasteiger partial charge in [-0.1, -0.05) is 45.0 Å². The van der Waals surface area contributed by atoms with E-state index in [1.54, 1.807) is 31.2 Å². The highest BCUT2D eigenvalue weighted by Crippen LogP contribution is 2.26. The van der Waals surface area contributed by atoms with Gasteiger partial charge in [-0.2, -0.15) is 0 Å². The summed E-state index contributed by atoms with van der Waals surface area (Å²) in [6, 6.07) is 11.1. The number of ether oxygens (including phenoxy) is 1. The molecule has 0 fully saturated rings. The summed E-state index contributed by atoms with van der Waals surface area (Å²) >= 11 is 3.46. The predicted molar refractivity (Wildman–Crippen MR) is 123 cm³/mol. The minimum absolute atomic E-state index is 0.0267. The van der Waals surface area contributed by atoms with E-state index in [0.717, 1.165) is 16.5 Å². The van der Waals surface area contributed by atoms with Crippen molar-refractivity contribution < 1.29 is 18.7 Å². The van der Waals surface area contributed by atoms with Gasteiger partial charge >= 0.3 is 0 Å². The summed E-state index contributed by atoms with van der Waals surface area (Å²) in [4.78, 5) is 27.0. The number of carbonyl (C=O) groups is 2. The molecule has 0 aromatic heterocycles. The van der Waals surface area contributed by atoms with Crippen LogP contribution < -0.4 is 10.1 Å². The molecule has 5 nitrogen and oxygen atoms in total. The molecular weight excluding hydrogens is 463 g/mol. The van der Waals surface area contributed by atoms with E-state index < -0.39 is 17.8 Å². The number of amides is 2. The van der Waals surface area contributed by atoms with Crippen LogP contribution in [0.5, 0.6) is 5.75 Å². The predicted octanol–water partition coefficient (Wildman–Crippen LogP) is 4.72. The molecule has 0 radical (unpaired) electrons. The van der Waals surface area contributed by atoms with Crippen LogP contribution in [0.3, 0.4) is 0 Å². The van der Waals surface area contributed by atoms with Crippen LogP contribution in [0.4, 0.5) is 4.39 Å². The molecule has 0 aliphatic rings. The zero-order chi connectivity index (χ0) is 23.0. The summed E-state index contributed by atoms with van der Waals surface area (Å²) in [5, 5.41) is 2.84. The maximum atomic E-state index is 14.2. The van der Waals surface area contributed by atoms with E-state index in [2.05, 4.69) is 28.2 Å². The Hall–Kier alpha value is -2.41. The number of nitrogens with zero attached hydrogens (tertiary/aromatic N) is 1. The molecule has 2 rings (SSSR count). The molecule has 0 heterocycles. The van der Waals surface area contributed by atoms with Gasteiger partial charge in [0.25, 0.3) is 5.91 Å². The molecule has 31 heavy (non-hydrogen) atoms. The molecule has 0 saturated heterocycles. The first-order valence-electron chi connectivity index (χ1n) is 10.4. The topological polar surface area (TPSA) is 58.6 Å². The third-order valence-corrected chi connectivity index (χ3v) is 5.53. The summed E-state index contributed by atoms with van der Waals surface area (Å²) < 4.78 is 20.7. The number of rotatable bonds is 10. The lowest BCUT2D eigenvalue weighted by Crippen LogP contribution is -2.49. The standard InChI is InChI=1S/C24H30BrFN2O3/c1-5-18-10-11-22(20(25)12-18)31-15-23(29)28(14-19-8-6-7-9-21(19)26)17(4)24(30)27-13-16(2)3/h6-12,16-17H,5,13-15H2,1-4H3,(H,27,30)/t17-/m1/s1. The van der Waals surface area contributed by atoms with Crippen molar-refractivity contribution in [3.63, 3.8) is 0 Å². The Morgan fingerprint density at radius 1 is 1.16 bits per heavy atom. The smallest absolute Gasteiger partial charge is 0.261 e. The summed E-state index contributed by atoms with van der Waals surface area (Å²) in [6.07, 6.45) is 0.886. The molecule has 168 valence electrons. The van der Waals surface area contributed by atoms with Gasteiger partial charge in [0.05, 0.1) is 4.47 Å². The number of benzene rings is 2. The van der Waals surface area contributed by atoms with Gasteiger partial charge in [-0.15, -0.1) is 0 Å². The maximum Gasteiger partial charge on any atom is 0.261 e. The highest BCUT2D eigenvalue weighted by atomic mass is 79.9. The molecule has 0 unspecified atom stereocenters. The summed E-state index contributed by atoms with van der Waals surface area (Å²) in [7, 11) is 0. The van der Waals surface area contributed by atoms with Crippen LogP contribution in [0.25, 0.3) is 0 Å². The number of hydrogen-bond acceptors (Lipinski definition) is 3. The van der Waals surface area contributed by atoms with E-state index in [9.17, 15) is 14.0 Å². The van der Waals surface area contributed by atoms with Crippen molar-refractivity contribution in [1.29, 1.82) is 0 Å². The van der Waals surface area contributed by atoms with Crippen molar-refractivity contribution in [3.8, 4) is 5.75 Å². The van der Waals surface area contributed by atoms with Crippen molar-refractivity contribution in [2.75, 3.05) is 13.2 Å². The zero-order valence-electron chi connectivity index (χ0n) is 18.5. The summed E-state index contributed by atoms with van der Waals surface area (Å²) in [5.41, 5.74) is 1.48. The first-order valence-corrected chi connectivity index (χ1v) is 11.2. The van der Waals surface area contributed by atoms with Gasteiger partial charge in [-0.3, -0.25) is 9.59 Å². The van der Waals surface area contributed by atoms with Crippen LogP contribution in [0.2, 0.25) is 0 Å². The second-order valence-electron chi connectivity index (χ2n) is 7.84. The number of aryl methyl sites for hydroxylation is 1. The average molecular weight is 493 g/mol. The Balaban J connectivity index is 2.17. The van der Waals surface area contributed by atoms with Crippen LogP contribution >= 0.6 is 15.9 Å². The van der Waals surface area contributed by atoms with Gasteiger partial charge in [-0.25, -0.2) is 4.39 Å². The van der Waals surface area contributed by atoms with Crippen molar-refractivity contribution in [1.82, 2.24) is 10.2 Å². The van der Waals surface area contributed by atoms with Gasteiger partial charge in [0.15, 0.2) is 6.61 Å². The van der Waals surface area contributed by atoms with Crippen molar-refractivity contribution in [2.45, 2.75) is 46.7 Å². The third kappa shape index (κ3) is 7.35. The minimum Gasteiger partial charge on any atom is -0.483 e. The molecule has 1 N–H and O–H groups in total. The Kier molecular flexibility index (Phi) is 9.49. The van der Waals surface area contributed by atoms with Gasteiger partial charge in [0.2, 0.25) is 5.91 Å². The van der Waals surface area contributed by atoms with Crippen LogP contribution in [0.1, 0.15) is 38.8 Å². The summed E-state index contributed by atoms with van der Waals surface area (Å²) in [6.45, 7) is 7.88. The highest BCUT2D eigenvalue weighted by Gasteiger charge is 2.27. The van der Waals surface area contributed by atoms with Crippen LogP contribution in [-0.2, 0) is 22.6 Å². The van der Waals surface area contributed by atoms with Gasteiger partial charge in [-0.05, 0) is 59.0 Å². The first kappa shape index (κ1) is 24.9. The molecule has 0 bridgehead atoms. The second-order valence-corrected chi connectivity index (χ2v) is 8.69. The fourth-order valence-corrected chi connectivity index (χ4v) is 3.49. The van der Waals surface area contributed by atoms with Crippen LogP contribution in [0, 0.1) is 11.7 Å². The molecule has 0 spiro atoms. The normalized spacial score (nSPS) is 11.8. The Morgan fingerprint density at radius 3 is 2.48 bits per heavy atom. The Bertz CT molecular complexity index is 904. The average Bonchev–Trinajstić information content (AvgIpc) is 2.75. The fourth-order valence-electron chi connectivity index (χ4n) is 2.95. The van der Waals surface area contributed by atoms with Crippen molar-refractivity contribution >= 4 is 27.7 Å². The molecule has 0 saturated carbocycles. The molecule has 2 aromatic carbocycles. The van der Waals surface area contributed by atoms with Gasteiger partial charge in [0, 0.05) is 18.7 Å². The van der Waals surface area contributed by atoms with E-state index in [1.165, 1.54) is 11.0 Å². The van der Waals surface area contributed by atoms with Crippen LogP contribution in [0.15, 0.2) is 46.9 Å². The van der Waals surface area contributed by atoms with Gasteiger partial charge in [0.1, 0.15) is 17.6 Å². The molecule has 0 aliphatic carbocycles. The largest absolute Gasteiger partial charge is 0.483 e. The van der Waals surface area contributed by atoms with Crippen LogP contribution in [-0.4, -0.2) is 35.9 Å². The number of carbonyl (C=O) groups excluding carboxylic acids is 2. The number of halogens is 2. The third-order valence-electron chi connectivity index (χ3n) is 4.91. The first-order chi connectivity index (χ1) is 14.7. The molecule has 2 aromatic rings. The van der Waals surface area contributed by atoms with E-state index in [-0.39, 0.29) is 25.0 Å². The molecular formula is C24H30BrFN2O3. The summed E-state index contributed by atoms with van der Waals surface area (Å²) in [5.74, 6) is -0.297. The van der Waals surface area contributed by atoms with E-state index in [0.29, 0.717) is 17.9 Å². The molecule has 7 heteroatoms. The lowest BCUT2D eigenvalue weighted by atomic mass is 10.1. The monoisotopic (exact) mass is 492 g/mol. The second kappa shape index (κ2) is 11.8. The maximum absolute atomic E-state index is 14.2. The van der Waals surface area contributed by atoms with E-state index >= 15 is 0 Å². The van der Waals surface area contributed by atoms with Crippen molar-refractivity contribution in [2.24, 2.45) is 5.92 Å². The molecule has 2 amide bonds. The molecule has 1 atom stereocenters. The zero-order valence-corrected chi connectivity index (χ0v) is 20.0. The number of nitrogens with one attached hydrogen (secondary N) is 1. The van der Waals surface area contributed by atoms with Crippen molar-refractivity contribution in [3.05, 3.63) is 63.9 Å². The lowest BCUT2D eigenvalue weighted by molar-refractivity contribution is -0.142. The minimum atomic E-state index is -0.777. The lowest BCUT2D eigenvalue weighted by Gasteiger charge is -2.29. The quantitative estimate of drug-likeness (QED) is 0.521. The fraction of sp³-hybridized carbons (Fsp3) is 0.417. The number of hydrogen-bond donors (Lipinski definition) is 1. The Morgan fingerprint density at radius 2 is 1.87 bits per heavy atom. The van der Waals surface area contributed by atoms with E-state index in [1.807, 2.05) is 26.0 Å². The Labute approximate surface area is 192 Å². The molecule has 0 aliphatic heterocycles.